The van der Waals surface area contributed by atoms with Gasteiger partial charge in [-0.1, -0.05) is 81.7 Å². The monoisotopic (exact) mass is 419 g/mol. The van der Waals surface area contributed by atoms with Gasteiger partial charge in [0.05, 0.1) is 12.1 Å². The Morgan fingerprint density at radius 1 is 1.19 bits per heavy atom. The van der Waals surface area contributed by atoms with Gasteiger partial charge in [-0.25, -0.2) is 0 Å². The number of rotatable bonds is 7. The van der Waals surface area contributed by atoms with Crippen molar-refractivity contribution >= 4 is 5.57 Å². The van der Waals surface area contributed by atoms with Crippen molar-refractivity contribution in [2.45, 2.75) is 84.6 Å². The van der Waals surface area contributed by atoms with E-state index < -0.39 is 0 Å². The van der Waals surface area contributed by atoms with Gasteiger partial charge < -0.3 is 10.0 Å². The minimum Gasteiger partial charge on any atom is -0.392 e. The highest BCUT2D eigenvalue weighted by molar-refractivity contribution is 5.86. The standard InChI is InChI=1S/C27H35NO.C2H6/c1-4-8-22(13-16-29)9-10-23-11-12-24-17-20(2)26(25(24)18-23)21(3)28-19-27(28)14-6-5-7-15-27;1-2/h4,8,11-13,18,29H,3,5-7,9-10,14-17,19H2,1-2H3;1-2H3/b8-4-,22-13+;. The molecule has 1 heterocycles. The molecule has 1 aromatic carbocycles. The molecule has 1 spiro atoms. The van der Waals surface area contributed by atoms with Crippen LogP contribution in [-0.2, 0) is 12.8 Å². The smallest absolute Gasteiger partial charge is 0.0618 e. The summed E-state index contributed by atoms with van der Waals surface area (Å²) in [6.45, 7) is 14.2. The second kappa shape index (κ2) is 10.5. The molecule has 0 atom stereocenters. The molecule has 1 aliphatic heterocycles. The molecule has 0 amide bonds. The molecule has 2 nitrogen and oxygen atoms in total. The number of fused-ring (bicyclic) bond motifs is 1. The van der Waals surface area contributed by atoms with Gasteiger partial charge in [0, 0.05) is 17.8 Å². The summed E-state index contributed by atoms with van der Waals surface area (Å²) in [4.78, 5) is 2.60. The number of aryl methyl sites for hydroxylation is 1. The van der Waals surface area contributed by atoms with Crippen LogP contribution in [-0.4, -0.2) is 28.7 Å². The number of hydrogen-bond donors (Lipinski definition) is 1. The van der Waals surface area contributed by atoms with E-state index in [1.165, 1.54) is 77.8 Å². The Balaban J connectivity index is 0.00000132. The summed E-state index contributed by atoms with van der Waals surface area (Å²) in [5, 5.41) is 9.24. The molecule has 0 bridgehead atoms. The van der Waals surface area contributed by atoms with Crippen LogP contribution in [0.4, 0.5) is 0 Å². The normalized spacial score (nSPS) is 19.5. The van der Waals surface area contributed by atoms with E-state index in [0.29, 0.717) is 5.54 Å². The SMILES string of the molecule is C=C(C1=C(C)Cc2ccc(CCC(/C=C\C)=C/CO)cc21)N1CC12CCCCC2.CC. The van der Waals surface area contributed by atoms with Crippen LogP contribution in [0.3, 0.4) is 0 Å². The zero-order valence-corrected chi connectivity index (χ0v) is 20.1. The van der Waals surface area contributed by atoms with Crippen LogP contribution in [0.5, 0.6) is 0 Å². The molecule has 0 unspecified atom stereocenters. The van der Waals surface area contributed by atoms with Gasteiger partial charge in [-0.2, -0.15) is 0 Å². The van der Waals surface area contributed by atoms with Crippen LogP contribution in [0, 0.1) is 0 Å². The molecule has 1 N–H and O–H groups in total. The summed E-state index contributed by atoms with van der Waals surface area (Å²) in [7, 11) is 0. The van der Waals surface area contributed by atoms with Gasteiger partial charge in [0.15, 0.2) is 0 Å². The molecule has 1 saturated carbocycles. The van der Waals surface area contributed by atoms with Gasteiger partial charge in [0.1, 0.15) is 0 Å². The largest absolute Gasteiger partial charge is 0.392 e. The zero-order chi connectivity index (χ0) is 22.4. The van der Waals surface area contributed by atoms with Gasteiger partial charge in [0.25, 0.3) is 0 Å². The van der Waals surface area contributed by atoms with Crippen LogP contribution >= 0.6 is 0 Å². The first-order valence-electron chi connectivity index (χ1n) is 12.3. The van der Waals surface area contributed by atoms with Crippen molar-refractivity contribution in [2.24, 2.45) is 0 Å². The Kier molecular flexibility index (Phi) is 8.00. The predicted molar refractivity (Wildman–Crippen MR) is 134 cm³/mol. The van der Waals surface area contributed by atoms with Crippen molar-refractivity contribution in [1.29, 1.82) is 0 Å². The van der Waals surface area contributed by atoms with Gasteiger partial charge in [-0.05, 0) is 68.2 Å². The number of nitrogens with zero attached hydrogens (tertiary/aromatic N) is 1. The van der Waals surface area contributed by atoms with E-state index in [1.807, 2.05) is 32.9 Å². The first kappa shape index (κ1) is 23.6. The van der Waals surface area contributed by atoms with E-state index in [4.69, 9.17) is 0 Å². The van der Waals surface area contributed by atoms with Crippen molar-refractivity contribution in [3.05, 3.63) is 76.5 Å². The van der Waals surface area contributed by atoms with Crippen molar-refractivity contribution in [3.8, 4) is 0 Å². The molecule has 168 valence electrons. The number of aliphatic hydroxyl groups is 1. The van der Waals surface area contributed by atoms with E-state index in [2.05, 4.69) is 42.7 Å². The molecular weight excluding hydrogens is 378 g/mol. The lowest BCUT2D eigenvalue weighted by atomic mass is 9.88. The second-order valence-electron chi connectivity index (χ2n) is 9.10. The minimum atomic E-state index is 0.105. The van der Waals surface area contributed by atoms with Crippen molar-refractivity contribution < 1.29 is 5.11 Å². The van der Waals surface area contributed by atoms with Crippen molar-refractivity contribution in [2.75, 3.05) is 13.2 Å². The minimum absolute atomic E-state index is 0.105. The predicted octanol–water partition coefficient (Wildman–Crippen LogP) is 7.00. The highest BCUT2D eigenvalue weighted by Gasteiger charge is 2.53. The maximum Gasteiger partial charge on any atom is 0.0618 e. The molecular formula is C29H41NO. The summed E-state index contributed by atoms with van der Waals surface area (Å²) >= 11 is 0. The average Bonchev–Trinajstić information content (AvgIpc) is 3.37. The lowest BCUT2D eigenvalue weighted by Crippen LogP contribution is -2.21. The van der Waals surface area contributed by atoms with Gasteiger partial charge in [0.2, 0.25) is 0 Å². The third kappa shape index (κ3) is 5.06. The Bertz CT molecular complexity index is 880. The first-order chi connectivity index (χ1) is 15.1. The van der Waals surface area contributed by atoms with E-state index in [9.17, 15) is 5.11 Å². The summed E-state index contributed by atoms with van der Waals surface area (Å²) in [5.74, 6) is 0. The highest BCUT2D eigenvalue weighted by Crippen LogP contribution is 2.51. The van der Waals surface area contributed by atoms with Gasteiger partial charge >= 0.3 is 0 Å². The van der Waals surface area contributed by atoms with Gasteiger partial charge in [-0.15, -0.1) is 0 Å². The van der Waals surface area contributed by atoms with Crippen molar-refractivity contribution in [3.63, 3.8) is 0 Å². The van der Waals surface area contributed by atoms with Crippen molar-refractivity contribution in [1.82, 2.24) is 4.90 Å². The van der Waals surface area contributed by atoms with Crippen LogP contribution < -0.4 is 0 Å². The summed E-state index contributed by atoms with van der Waals surface area (Å²) in [6.07, 6.45) is 15.9. The van der Waals surface area contributed by atoms with E-state index in [-0.39, 0.29) is 6.61 Å². The summed E-state index contributed by atoms with van der Waals surface area (Å²) < 4.78 is 0. The maximum absolute atomic E-state index is 9.24. The molecule has 4 rings (SSSR count). The Morgan fingerprint density at radius 2 is 1.94 bits per heavy atom. The fourth-order valence-corrected chi connectivity index (χ4v) is 5.46. The topological polar surface area (TPSA) is 23.2 Å². The van der Waals surface area contributed by atoms with E-state index in [1.54, 1.807) is 0 Å². The molecule has 0 aromatic heterocycles. The molecule has 0 radical (unpaired) electrons. The summed E-state index contributed by atoms with van der Waals surface area (Å²) in [6, 6.07) is 7.00. The van der Waals surface area contributed by atoms with Gasteiger partial charge in [-0.3, -0.25) is 0 Å². The fraction of sp³-hybridized carbons (Fsp3) is 0.517. The zero-order valence-electron chi connectivity index (χ0n) is 20.1. The fourth-order valence-electron chi connectivity index (χ4n) is 5.46. The molecule has 1 saturated heterocycles. The number of hydrogen-bond acceptors (Lipinski definition) is 2. The Hall–Kier alpha value is -2.06. The molecule has 2 heteroatoms. The lowest BCUT2D eigenvalue weighted by Gasteiger charge is -2.25. The van der Waals surface area contributed by atoms with E-state index >= 15 is 0 Å². The quantitative estimate of drug-likeness (QED) is 0.380. The number of aliphatic hydroxyl groups excluding tert-OH is 1. The third-order valence-corrected chi connectivity index (χ3v) is 7.08. The molecule has 3 aliphatic rings. The summed E-state index contributed by atoms with van der Waals surface area (Å²) in [5.41, 5.74) is 9.99. The highest BCUT2D eigenvalue weighted by atomic mass is 16.2. The number of benzene rings is 1. The molecule has 2 aliphatic carbocycles. The average molecular weight is 420 g/mol. The van der Waals surface area contributed by atoms with Crippen LogP contribution in [0.25, 0.3) is 5.57 Å². The molecule has 1 aromatic rings. The number of allylic oxidation sites excluding steroid dienone is 5. The van der Waals surface area contributed by atoms with Crippen LogP contribution in [0.15, 0.2) is 59.8 Å². The maximum atomic E-state index is 9.24. The lowest BCUT2D eigenvalue weighted by molar-refractivity contribution is 0.341. The molecule has 31 heavy (non-hydrogen) atoms. The first-order valence-corrected chi connectivity index (χ1v) is 12.3. The van der Waals surface area contributed by atoms with E-state index in [0.717, 1.165) is 19.3 Å². The second-order valence-corrected chi connectivity index (χ2v) is 9.10. The van der Waals surface area contributed by atoms with Crippen LogP contribution in [0.2, 0.25) is 0 Å². The Labute approximate surface area is 190 Å². The molecule has 2 fully saturated rings. The Morgan fingerprint density at radius 3 is 2.61 bits per heavy atom. The van der Waals surface area contributed by atoms with Crippen LogP contribution in [0.1, 0.15) is 82.9 Å². The third-order valence-electron chi connectivity index (χ3n) is 7.08.